The van der Waals surface area contributed by atoms with E-state index in [0.29, 0.717) is 18.2 Å². The fourth-order valence-corrected chi connectivity index (χ4v) is 2.13. The molecule has 0 aromatic carbocycles. The van der Waals surface area contributed by atoms with Crippen molar-refractivity contribution >= 4 is 5.57 Å². The molecule has 24 heavy (non-hydrogen) atoms. The van der Waals surface area contributed by atoms with Crippen molar-refractivity contribution < 1.29 is 39.5 Å². The van der Waals surface area contributed by atoms with Gasteiger partial charge in [-0.05, 0) is 30.2 Å². The Hall–Kier alpha value is -2.00. The zero-order valence-corrected chi connectivity index (χ0v) is 11.5. The third kappa shape index (κ3) is 4.09. The summed E-state index contributed by atoms with van der Waals surface area (Å²) >= 11 is 0. The summed E-state index contributed by atoms with van der Waals surface area (Å²) in [7, 11) is 0. The summed E-state index contributed by atoms with van der Waals surface area (Å²) < 4.78 is 115. The lowest BCUT2D eigenvalue weighted by molar-refractivity contribution is -0.165. The first-order valence-corrected chi connectivity index (χ1v) is 6.39. The van der Waals surface area contributed by atoms with Crippen LogP contribution in [0.25, 0.3) is 5.57 Å². The fourth-order valence-electron chi connectivity index (χ4n) is 2.13. The number of nitrogens with zero attached hydrogens (tertiary/aromatic N) is 1. The molecule has 0 aliphatic heterocycles. The first kappa shape index (κ1) is 18.3. The molecule has 0 fully saturated rings. The van der Waals surface area contributed by atoms with Crippen molar-refractivity contribution in [3.05, 3.63) is 47.3 Å². The number of hydrogen-bond donors (Lipinski definition) is 0. The maximum absolute atomic E-state index is 12.8. The van der Waals surface area contributed by atoms with Crippen LogP contribution in [0.15, 0.2) is 35.9 Å². The van der Waals surface area contributed by atoms with Crippen LogP contribution in [0.4, 0.5) is 39.5 Å². The molecule has 1 unspecified atom stereocenters. The Morgan fingerprint density at radius 1 is 0.875 bits per heavy atom. The normalized spacial score (nSPS) is 19.8. The number of aromatic nitrogens is 1. The van der Waals surface area contributed by atoms with Gasteiger partial charge in [-0.3, -0.25) is 0 Å². The van der Waals surface area contributed by atoms with Crippen molar-refractivity contribution in [2.45, 2.75) is 24.9 Å². The van der Waals surface area contributed by atoms with Gasteiger partial charge in [-0.25, -0.2) is 4.98 Å². The molecule has 1 aromatic heterocycles. The van der Waals surface area contributed by atoms with E-state index in [1.54, 1.807) is 0 Å². The Labute approximate surface area is 129 Å². The molecule has 0 radical (unpaired) electrons. The average molecular weight is 361 g/mol. The van der Waals surface area contributed by atoms with Crippen molar-refractivity contribution in [1.82, 2.24) is 4.98 Å². The number of pyridine rings is 1. The predicted molar refractivity (Wildman–Crippen MR) is 65.5 cm³/mol. The molecule has 10 heteroatoms. The molecule has 0 amide bonds. The summed E-state index contributed by atoms with van der Waals surface area (Å²) in [5, 5.41) is 0. The molecule has 1 aliphatic rings. The second-order valence-electron chi connectivity index (χ2n) is 5.05. The third-order valence-corrected chi connectivity index (χ3v) is 3.27. The Balaban J connectivity index is 2.53. The van der Waals surface area contributed by atoms with Crippen LogP contribution in [0.5, 0.6) is 0 Å². The summed E-state index contributed by atoms with van der Waals surface area (Å²) in [5.74, 6) is -2.45. The average Bonchev–Trinajstić information content (AvgIpc) is 2.44. The minimum atomic E-state index is -5.02. The second-order valence-corrected chi connectivity index (χ2v) is 5.05. The van der Waals surface area contributed by atoms with E-state index in [0.717, 1.165) is 12.1 Å². The first-order valence-electron chi connectivity index (χ1n) is 6.39. The highest BCUT2D eigenvalue weighted by Crippen LogP contribution is 2.43. The SMILES string of the molecule is FC(F)(F)C1=CC(c2cccc(C(F)(F)F)n2)=CC(C(F)(F)F)C1. The molecule has 1 nitrogen and oxygen atoms in total. The molecule has 0 bridgehead atoms. The minimum Gasteiger partial charge on any atom is -0.243 e. The lowest BCUT2D eigenvalue weighted by Gasteiger charge is -2.25. The van der Waals surface area contributed by atoms with E-state index in [4.69, 9.17) is 0 Å². The van der Waals surface area contributed by atoms with Crippen LogP contribution in [0.1, 0.15) is 17.8 Å². The monoisotopic (exact) mass is 361 g/mol. The molecule has 1 aliphatic carbocycles. The van der Waals surface area contributed by atoms with Crippen LogP contribution in [0.3, 0.4) is 0 Å². The van der Waals surface area contributed by atoms with Crippen LogP contribution in [0.2, 0.25) is 0 Å². The molecule has 1 heterocycles. The highest BCUT2D eigenvalue weighted by atomic mass is 19.4. The van der Waals surface area contributed by atoms with Gasteiger partial charge in [0.2, 0.25) is 0 Å². The quantitative estimate of drug-likeness (QED) is 0.598. The topological polar surface area (TPSA) is 12.9 Å². The van der Waals surface area contributed by atoms with E-state index in [1.165, 1.54) is 0 Å². The van der Waals surface area contributed by atoms with Crippen LogP contribution < -0.4 is 0 Å². The van der Waals surface area contributed by atoms with Gasteiger partial charge in [-0.2, -0.15) is 39.5 Å². The van der Waals surface area contributed by atoms with Gasteiger partial charge in [0, 0.05) is 5.57 Å². The standard InChI is InChI=1S/C14H8F9N/c15-12(16,17)8-4-7(5-9(6-8)13(18,19)20)10-2-1-3-11(24-10)14(21,22)23/h1-5,8H,6H2. The molecule has 0 saturated carbocycles. The Morgan fingerprint density at radius 3 is 2.00 bits per heavy atom. The van der Waals surface area contributed by atoms with Gasteiger partial charge < -0.3 is 0 Å². The lowest BCUT2D eigenvalue weighted by Crippen LogP contribution is -2.27. The summed E-state index contributed by atoms with van der Waals surface area (Å²) in [6, 6.07) is 2.36. The van der Waals surface area contributed by atoms with Gasteiger partial charge in [0.25, 0.3) is 0 Å². The molecular formula is C14H8F9N. The van der Waals surface area contributed by atoms with E-state index < -0.39 is 53.4 Å². The summed E-state index contributed by atoms with van der Waals surface area (Å²) in [6.45, 7) is 0. The van der Waals surface area contributed by atoms with Crippen molar-refractivity contribution in [2.24, 2.45) is 5.92 Å². The van der Waals surface area contributed by atoms with Crippen molar-refractivity contribution in [2.75, 3.05) is 0 Å². The van der Waals surface area contributed by atoms with E-state index >= 15 is 0 Å². The molecule has 132 valence electrons. The minimum absolute atomic E-state index is 0.394. The molecule has 2 rings (SSSR count). The summed E-state index contributed by atoms with van der Waals surface area (Å²) in [6.07, 6.45) is -15.3. The molecular weight excluding hydrogens is 353 g/mol. The molecule has 0 saturated heterocycles. The highest BCUT2D eigenvalue weighted by Gasteiger charge is 2.45. The predicted octanol–water partition coefficient (Wildman–Crippen LogP) is 5.55. The Morgan fingerprint density at radius 2 is 1.50 bits per heavy atom. The van der Waals surface area contributed by atoms with Gasteiger partial charge in [0.15, 0.2) is 0 Å². The fraction of sp³-hybridized carbons (Fsp3) is 0.357. The van der Waals surface area contributed by atoms with E-state index in [9.17, 15) is 39.5 Å². The van der Waals surface area contributed by atoms with Gasteiger partial charge >= 0.3 is 18.5 Å². The largest absolute Gasteiger partial charge is 0.433 e. The van der Waals surface area contributed by atoms with Gasteiger partial charge in [-0.15, -0.1) is 0 Å². The summed E-state index contributed by atoms with van der Waals surface area (Å²) in [4.78, 5) is 3.13. The van der Waals surface area contributed by atoms with Crippen molar-refractivity contribution in [3.63, 3.8) is 0 Å². The summed E-state index contributed by atoms with van der Waals surface area (Å²) in [5.41, 5.74) is -4.14. The molecule has 1 atom stereocenters. The molecule has 1 aromatic rings. The zero-order valence-electron chi connectivity index (χ0n) is 11.5. The van der Waals surface area contributed by atoms with Crippen molar-refractivity contribution in [1.29, 1.82) is 0 Å². The number of rotatable bonds is 1. The van der Waals surface area contributed by atoms with Crippen LogP contribution in [0, 0.1) is 5.92 Å². The van der Waals surface area contributed by atoms with Crippen LogP contribution >= 0.6 is 0 Å². The smallest absolute Gasteiger partial charge is 0.243 e. The Bertz CT molecular complexity index is 677. The number of hydrogen-bond acceptors (Lipinski definition) is 1. The number of allylic oxidation sites excluding steroid dienone is 4. The van der Waals surface area contributed by atoms with Gasteiger partial charge in [0.05, 0.1) is 11.6 Å². The van der Waals surface area contributed by atoms with Crippen molar-refractivity contribution in [3.8, 4) is 0 Å². The molecule has 0 N–H and O–H groups in total. The van der Waals surface area contributed by atoms with Crippen LogP contribution in [-0.4, -0.2) is 17.3 Å². The number of halogens is 9. The third-order valence-electron chi connectivity index (χ3n) is 3.27. The second kappa shape index (κ2) is 5.82. The lowest BCUT2D eigenvalue weighted by atomic mass is 9.88. The van der Waals surface area contributed by atoms with Crippen LogP contribution in [-0.2, 0) is 6.18 Å². The number of alkyl halides is 9. The van der Waals surface area contributed by atoms with Gasteiger partial charge in [-0.1, -0.05) is 12.1 Å². The van der Waals surface area contributed by atoms with Gasteiger partial charge in [0.1, 0.15) is 5.69 Å². The highest BCUT2D eigenvalue weighted by molar-refractivity contribution is 5.74. The Kier molecular flexibility index (Phi) is 4.45. The molecule has 0 spiro atoms. The first-order chi connectivity index (χ1) is 10.8. The van der Waals surface area contributed by atoms with E-state index in [1.807, 2.05) is 0 Å². The maximum Gasteiger partial charge on any atom is 0.433 e. The zero-order chi connectivity index (χ0) is 18.3. The van der Waals surface area contributed by atoms with E-state index in [2.05, 4.69) is 4.98 Å². The maximum atomic E-state index is 12.8. The van der Waals surface area contributed by atoms with E-state index in [-0.39, 0.29) is 0 Å².